The van der Waals surface area contributed by atoms with Gasteiger partial charge in [0.2, 0.25) is 10.0 Å². The molecule has 2 rings (SSSR count). The Labute approximate surface area is 136 Å². The van der Waals surface area contributed by atoms with Gasteiger partial charge in [0, 0.05) is 12.8 Å². The summed E-state index contributed by atoms with van der Waals surface area (Å²) >= 11 is 5.91. The fraction of sp³-hybridized carbons (Fsp3) is 0.538. The van der Waals surface area contributed by atoms with E-state index in [-0.39, 0.29) is 14.8 Å². The third-order valence-corrected chi connectivity index (χ3v) is 6.68. The molecule has 1 aliphatic rings. The monoisotopic (exact) mass is 366 g/mol. The van der Waals surface area contributed by atoms with Crippen molar-refractivity contribution in [3.63, 3.8) is 0 Å². The molecule has 0 bridgehead atoms. The third kappa shape index (κ3) is 4.42. The summed E-state index contributed by atoms with van der Waals surface area (Å²) in [6.07, 6.45) is 2.79. The second kappa shape index (κ2) is 6.84. The van der Waals surface area contributed by atoms with Crippen LogP contribution >= 0.6 is 11.6 Å². The van der Waals surface area contributed by atoms with Gasteiger partial charge in [0.1, 0.15) is 4.90 Å². The van der Waals surface area contributed by atoms with E-state index < -0.39 is 19.9 Å². The molecule has 124 valence electrons. The molecular formula is C13H19ClN2O4S2. The number of sulfonamides is 1. The molecule has 9 heteroatoms. The highest BCUT2D eigenvalue weighted by molar-refractivity contribution is 7.91. The summed E-state index contributed by atoms with van der Waals surface area (Å²) in [5.41, 5.74) is 0. The Hall–Kier alpha value is -0.670. The van der Waals surface area contributed by atoms with Gasteiger partial charge in [-0.15, -0.1) is 0 Å². The van der Waals surface area contributed by atoms with Crippen LogP contribution in [0.25, 0.3) is 0 Å². The summed E-state index contributed by atoms with van der Waals surface area (Å²) in [6, 6.07) is 3.67. The number of hydrogen-bond donors (Lipinski definition) is 2. The van der Waals surface area contributed by atoms with Crippen molar-refractivity contribution in [1.82, 2.24) is 10.0 Å². The Morgan fingerprint density at radius 2 is 2.05 bits per heavy atom. The van der Waals surface area contributed by atoms with Crippen LogP contribution in [0.3, 0.4) is 0 Å². The Kier molecular flexibility index (Phi) is 5.50. The van der Waals surface area contributed by atoms with Gasteiger partial charge >= 0.3 is 0 Å². The molecular weight excluding hydrogens is 348 g/mol. The quantitative estimate of drug-likeness (QED) is 0.784. The maximum absolute atomic E-state index is 12.3. The Bertz CT molecular complexity index is 741. The van der Waals surface area contributed by atoms with E-state index in [9.17, 15) is 16.8 Å². The van der Waals surface area contributed by atoms with E-state index >= 15 is 0 Å². The first-order valence-electron chi connectivity index (χ1n) is 6.90. The highest BCUT2D eigenvalue weighted by atomic mass is 35.5. The molecule has 0 spiro atoms. The average Bonchev–Trinajstić information content (AvgIpc) is 2.90. The lowest BCUT2D eigenvalue weighted by molar-refractivity contribution is 0.519. The highest BCUT2D eigenvalue weighted by Gasteiger charge is 2.21. The van der Waals surface area contributed by atoms with E-state index in [4.69, 9.17) is 11.6 Å². The SMILES string of the molecule is CS(=O)(=O)c1ccc(Cl)c(S(=O)(=O)NCCC2CCNC2)c1. The standard InChI is InChI=1S/C13H19ClN2O4S2/c1-21(17,18)11-2-3-12(14)13(8-11)22(19,20)16-7-5-10-4-6-15-9-10/h2-3,8,10,15-16H,4-7,9H2,1H3. The molecule has 2 N–H and O–H groups in total. The summed E-state index contributed by atoms with van der Waals surface area (Å²) in [7, 11) is -7.33. The van der Waals surface area contributed by atoms with Gasteiger partial charge in [-0.05, 0) is 50.0 Å². The second-order valence-electron chi connectivity index (χ2n) is 5.41. The van der Waals surface area contributed by atoms with Gasteiger partial charge in [0.15, 0.2) is 9.84 Å². The van der Waals surface area contributed by atoms with Gasteiger partial charge in [-0.1, -0.05) is 11.6 Å². The average molecular weight is 367 g/mol. The van der Waals surface area contributed by atoms with Crippen molar-refractivity contribution in [3.8, 4) is 0 Å². The van der Waals surface area contributed by atoms with Crippen molar-refractivity contribution >= 4 is 31.5 Å². The number of hydrogen-bond acceptors (Lipinski definition) is 5. The van der Waals surface area contributed by atoms with Crippen molar-refractivity contribution in [2.75, 3.05) is 25.9 Å². The number of benzene rings is 1. The molecule has 0 aliphatic carbocycles. The maximum Gasteiger partial charge on any atom is 0.242 e. The molecule has 1 aromatic carbocycles. The summed E-state index contributed by atoms with van der Waals surface area (Å²) in [4.78, 5) is -0.279. The minimum atomic E-state index is -3.83. The van der Waals surface area contributed by atoms with Gasteiger partial charge in [-0.3, -0.25) is 0 Å². The summed E-state index contributed by atoms with van der Waals surface area (Å²) in [5, 5.41) is 3.22. The topological polar surface area (TPSA) is 92.3 Å². The molecule has 1 aliphatic heterocycles. The summed E-state index contributed by atoms with van der Waals surface area (Å²) in [5.74, 6) is 0.459. The molecule has 22 heavy (non-hydrogen) atoms. The summed E-state index contributed by atoms with van der Waals surface area (Å²) in [6.45, 7) is 2.15. The zero-order valence-corrected chi connectivity index (χ0v) is 14.6. The van der Waals surface area contributed by atoms with Crippen LogP contribution in [0.4, 0.5) is 0 Å². The molecule has 1 atom stereocenters. The molecule has 0 radical (unpaired) electrons. The molecule has 1 aromatic rings. The number of sulfone groups is 1. The smallest absolute Gasteiger partial charge is 0.242 e. The third-order valence-electron chi connectivity index (χ3n) is 3.63. The van der Waals surface area contributed by atoms with E-state index in [2.05, 4.69) is 10.0 Å². The van der Waals surface area contributed by atoms with E-state index in [0.29, 0.717) is 12.5 Å². The largest absolute Gasteiger partial charge is 0.316 e. The molecule has 1 saturated heterocycles. The Morgan fingerprint density at radius 3 is 2.64 bits per heavy atom. The van der Waals surface area contributed by atoms with E-state index in [0.717, 1.165) is 38.3 Å². The van der Waals surface area contributed by atoms with Gasteiger partial charge in [0.05, 0.1) is 9.92 Å². The Morgan fingerprint density at radius 1 is 1.32 bits per heavy atom. The molecule has 6 nitrogen and oxygen atoms in total. The van der Waals surface area contributed by atoms with Crippen LogP contribution in [0.1, 0.15) is 12.8 Å². The minimum Gasteiger partial charge on any atom is -0.316 e. The molecule has 1 fully saturated rings. The van der Waals surface area contributed by atoms with Crippen LogP contribution in [0.5, 0.6) is 0 Å². The lowest BCUT2D eigenvalue weighted by atomic mass is 10.1. The number of halogens is 1. The van der Waals surface area contributed by atoms with E-state index in [1.165, 1.54) is 12.1 Å². The number of nitrogens with one attached hydrogen (secondary N) is 2. The minimum absolute atomic E-state index is 0.00225. The second-order valence-corrected chi connectivity index (χ2v) is 9.57. The predicted molar refractivity (Wildman–Crippen MR) is 85.3 cm³/mol. The van der Waals surface area contributed by atoms with Crippen LogP contribution in [-0.2, 0) is 19.9 Å². The summed E-state index contributed by atoms with van der Waals surface area (Å²) < 4.78 is 50.2. The van der Waals surface area contributed by atoms with Crippen LogP contribution in [0, 0.1) is 5.92 Å². The fourth-order valence-corrected chi connectivity index (χ4v) is 4.65. The lowest BCUT2D eigenvalue weighted by Crippen LogP contribution is -2.27. The first-order chi connectivity index (χ1) is 10.2. The lowest BCUT2D eigenvalue weighted by Gasteiger charge is -2.11. The van der Waals surface area contributed by atoms with Crippen molar-refractivity contribution in [2.45, 2.75) is 22.6 Å². The van der Waals surface area contributed by atoms with E-state index in [1.54, 1.807) is 0 Å². The van der Waals surface area contributed by atoms with Gasteiger partial charge in [0.25, 0.3) is 0 Å². The molecule has 0 amide bonds. The van der Waals surface area contributed by atoms with Gasteiger partial charge < -0.3 is 5.32 Å². The predicted octanol–water partition coefficient (Wildman–Crippen LogP) is 1.02. The van der Waals surface area contributed by atoms with E-state index in [1.807, 2.05) is 0 Å². The van der Waals surface area contributed by atoms with Gasteiger partial charge in [-0.25, -0.2) is 21.6 Å². The van der Waals surface area contributed by atoms with Crippen LogP contribution in [-0.4, -0.2) is 42.7 Å². The molecule has 1 unspecified atom stereocenters. The Balaban J connectivity index is 2.14. The normalized spacial score (nSPS) is 19.5. The molecule has 1 heterocycles. The number of rotatable bonds is 6. The van der Waals surface area contributed by atoms with Crippen LogP contribution < -0.4 is 10.0 Å². The zero-order chi connectivity index (χ0) is 16.4. The maximum atomic E-state index is 12.3. The van der Waals surface area contributed by atoms with Gasteiger partial charge in [-0.2, -0.15) is 0 Å². The molecule has 0 aromatic heterocycles. The van der Waals surface area contributed by atoms with Crippen molar-refractivity contribution < 1.29 is 16.8 Å². The van der Waals surface area contributed by atoms with Crippen molar-refractivity contribution in [3.05, 3.63) is 23.2 Å². The van der Waals surface area contributed by atoms with Crippen LogP contribution in [0.15, 0.2) is 28.0 Å². The first-order valence-corrected chi connectivity index (χ1v) is 10.7. The van der Waals surface area contributed by atoms with Crippen molar-refractivity contribution in [1.29, 1.82) is 0 Å². The van der Waals surface area contributed by atoms with Crippen LogP contribution in [0.2, 0.25) is 5.02 Å². The molecule has 0 saturated carbocycles. The van der Waals surface area contributed by atoms with Crippen molar-refractivity contribution in [2.24, 2.45) is 5.92 Å². The fourth-order valence-electron chi connectivity index (χ4n) is 2.36. The first kappa shape index (κ1) is 17.7. The highest BCUT2D eigenvalue weighted by Crippen LogP contribution is 2.25. The zero-order valence-electron chi connectivity index (χ0n) is 12.2.